The van der Waals surface area contributed by atoms with Gasteiger partial charge in [-0.3, -0.25) is 19.8 Å². The van der Waals surface area contributed by atoms with Gasteiger partial charge in [-0.1, -0.05) is 44.2 Å². The standard InChI is InChI=1S/C21H30N4/c1-16-12-25(14-19-8-6-5-7-9-19)13-17(2)21(16)24(4)15-20-11-22-18(3)10-23-20/h5-11,16-17,21H,12-15H2,1-4H3. The maximum Gasteiger partial charge on any atom is 0.0727 e. The lowest BCUT2D eigenvalue weighted by Crippen LogP contribution is -2.53. The summed E-state index contributed by atoms with van der Waals surface area (Å²) < 4.78 is 0. The summed E-state index contributed by atoms with van der Waals surface area (Å²) in [5, 5.41) is 0. The van der Waals surface area contributed by atoms with Crippen LogP contribution >= 0.6 is 0 Å². The van der Waals surface area contributed by atoms with E-state index in [-0.39, 0.29) is 0 Å². The molecule has 0 saturated carbocycles. The fourth-order valence-corrected chi connectivity index (χ4v) is 4.37. The van der Waals surface area contributed by atoms with E-state index in [9.17, 15) is 0 Å². The Morgan fingerprint density at radius 2 is 1.72 bits per heavy atom. The van der Waals surface area contributed by atoms with Crippen molar-refractivity contribution in [1.82, 2.24) is 19.8 Å². The Balaban J connectivity index is 1.60. The van der Waals surface area contributed by atoms with Gasteiger partial charge in [0.15, 0.2) is 0 Å². The van der Waals surface area contributed by atoms with Crippen LogP contribution in [-0.4, -0.2) is 45.9 Å². The maximum atomic E-state index is 4.52. The van der Waals surface area contributed by atoms with Crippen molar-refractivity contribution in [3.05, 3.63) is 59.7 Å². The van der Waals surface area contributed by atoms with Crippen LogP contribution in [0.3, 0.4) is 0 Å². The summed E-state index contributed by atoms with van der Waals surface area (Å²) in [6.07, 6.45) is 3.77. The predicted octanol–water partition coefficient (Wildman–Crippen LogP) is 3.37. The van der Waals surface area contributed by atoms with E-state index >= 15 is 0 Å². The number of nitrogens with zero attached hydrogens (tertiary/aromatic N) is 4. The molecule has 3 rings (SSSR count). The summed E-state index contributed by atoms with van der Waals surface area (Å²) >= 11 is 0. The van der Waals surface area contributed by atoms with Crippen LogP contribution in [0, 0.1) is 18.8 Å². The normalized spacial score (nSPS) is 24.6. The summed E-state index contributed by atoms with van der Waals surface area (Å²) in [5.74, 6) is 1.27. The zero-order chi connectivity index (χ0) is 17.8. The molecule has 1 aliphatic rings. The van der Waals surface area contributed by atoms with Crippen LogP contribution in [-0.2, 0) is 13.1 Å². The highest BCUT2D eigenvalue weighted by molar-refractivity contribution is 5.14. The van der Waals surface area contributed by atoms with Crippen LogP contribution in [0.15, 0.2) is 42.7 Å². The second kappa shape index (κ2) is 8.07. The van der Waals surface area contributed by atoms with Crippen molar-refractivity contribution >= 4 is 0 Å². The SMILES string of the molecule is Cc1cnc(CN(C)C2C(C)CN(Cc3ccccc3)CC2C)cn1. The molecule has 1 saturated heterocycles. The number of hydrogen-bond donors (Lipinski definition) is 0. The monoisotopic (exact) mass is 338 g/mol. The number of benzene rings is 1. The van der Waals surface area contributed by atoms with E-state index in [1.165, 1.54) is 5.56 Å². The molecular formula is C21H30N4. The third-order valence-electron chi connectivity index (χ3n) is 5.26. The highest BCUT2D eigenvalue weighted by Crippen LogP contribution is 2.28. The quantitative estimate of drug-likeness (QED) is 0.837. The van der Waals surface area contributed by atoms with Gasteiger partial charge in [0.1, 0.15) is 0 Å². The minimum atomic E-state index is 0.579. The molecule has 0 amide bonds. The van der Waals surface area contributed by atoms with Crippen LogP contribution in [0.25, 0.3) is 0 Å². The number of hydrogen-bond acceptors (Lipinski definition) is 4. The van der Waals surface area contributed by atoms with Crippen molar-refractivity contribution < 1.29 is 0 Å². The van der Waals surface area contributed by atoms with Crippen LogP contribution < -0.4 is 0 Å². The zero-order valence-electron chi connectivity index (χ0n) is 15.9. The minimum absolute atomic E-state index is 0.579. The molecule has 1 aliphatic heterocycles. The molecule has 0 spiro atoms. The average Bonchev–Trinajstić information content (AvgIpc) is 2.57. The summed E-state index contributed by atoms with van der Waals surface area (Å²) in [4.78, 5) is 14.0. The van der Waals surface area contributed by atoms with E-state index in [0.717, 1.165) is 37.6 Å². The summed E-state index contributed by atoms with van der Waals surface area (Å²) in [6.45, 7) is 11.0. The predicted molar refractivity (Wildman–Crippen MR) is 102 cm³/mol. The zero-order valence-corrected chi connectivity index (χ0v) is 15.9. The van der Waals surface area contributed by atoms with Gasteiger partial charge in [-0.2, -0.15) is 0 Å². The Morgan fingerprint density at radius 1 is 1.04 bits per heavy atom. The fraction of sp³-hybridized carbons (Fsp3) is 0.524. The third-order valence-corrected chi connectivity index (χ3v) is 5.26. The maximum absolute atomic E-state index is 4.52. The first-order chi connectivity index (χ1) is 12.0. The molecule has 0 N–H and O–H groups in total. The third kappa shape index (κ3) is 4.65. The van der Waals surface area contributed by atoms with Crippen molar-refractivity contribution in [3.8, 4) is 0 Å². The first-order valence-electron chi connectivity index (χ1n) is 9.27. The molecule has 2 heterocycles. The molecule has 0 aliphatic carbocycles. The van der Waals surface area contributed by atoms with Crippen molar-refractivity contribution in [2.24, 2.45) is 11.8 Å². The van der Waals surface area contributed by atoms with Crippen molar-refractivity contribution in [3.63, 3.8) is 0 Å². The van der Waals surface area contributed by atoms with Crippen molar-refractivity contribution in [2.45, 2.75) is 39.9 Å². The second-order valence-electron chi connectivity index (χ2n) is 7.69. The van der Waals surface area contributed by atoms with E-state index < -0.39 is 0 Å². The molecule has 4 nitrogen and oxygen atoms in total. The Labute approximate surface area is 151 Å². The second-order valence-corrected chi connectivity index (χ2v) is 7.69. The van der Waals surface area contributed by atoms with Crippen LogP contribution in [0.1, 0.15) is 30.8 Å². The van der Waals surface area contributed by atoms with Gasteiger partial charge in [0.25, 0.3) is 0 Å². The van der Waals surface area contributed by atoms with E-state index in [1.54, 1.807) is 0 Å². The molecule has 4 heteroatoms. The van der Waals surface area contributed by atoms with Crippen LogP contribution in [0.5, 0.6) is 0 Å². The number of likely N-dealkylation sites (tertiary alicyclic amines) is 1. The Kier molecular flexibility index (Phi) is 5.82. The Hall–Kier alpha value is -1.78. The molecule has 0 radical (unpaired) electrons. The van der Waals surface area contributed by atoms with Gasteiger partial charge in [0.2, 0.25) is 0 Å². The molecular weight excluding hydrogens is 308 g/mol. The Bertz CT molecular complexity index is 643. The van der Waals surface area contributed by atoms with E-state index in [1.807, 2.05) is 19.3 Å². The molecule has 2 unspecified atom stereocenters. The largest absolute Gasteiger partial charge is 0.298 e. The van der Waals surface area contributed by atoms with Crippen LogP contribution in [0.4, 0.5) is 0 Å². The topological polar surface area (TPSA) is 32.3 Å². The smallest absolute Gasteiger partial charge is 0.0727 e. The first-order valence-corrected chi connectivity index (χ1v) is 9.27. The highest BCUT2D eigenvalue weighted by Gasteiger charge is 2.34. The van der Waals surface area contributed by atoms with Gasteiger partial charge < -0.3 is 0 Å². The minimum Gasteiger partial charge on any atom is -0.298 e. The summed E-state index contributed by atoms with van der Waals surface area (Å²) in [7, 11) is 2.23. The molecule has 0 bridgehead atoms. The van der Waals surface area contributed by atoms with Gasteiger partial charge in [0, 0.05) is 44.6 Å². The number of piperidine rings is 1. The summed E-state index contributed by atoms with van der Waals surface area (Å²) in [5.41, 5.74) is 3.44. The van der Waals surface area contributed by atoms with Crippen LogP contribution in [0.2, 0.25) is 0 Å². The van der Waals surface area contributed by atoms with Gasteiger partial charge >= 0.3 is 0 Å². The van der Waals surface area contributed by atoms with Gasteiger partial charge in [-0.05, 0) is 31.4 Å². The molecule has 2 atom stereocenters. The Morgan fingerprint density at radius 3 is 2.32 bits per heavy atom. The van der Waals surface area contributed by atoms with E-state index in [2.05, 4.69) is 71.0 Å². The lowest BCUT2D eigenvalue weighted by molar-refractivity contribution is 0.0285. The average molecular weight is 338 g/mol. The molecule has 1 fully saturated rings. The van der Waals surface area contributed by atoms with Crippen molar-refractivity contribution in [2.75, 3.05) is 20.1 Å². The van der Waals surface area contributed by atoms with E-state index in [4.69, 9.17) is 0 Å². The number of rotatable bonds is 5. The number of aryl methyl sites for hydroxylation is 1. The lowest BCUT2D eigenvalue weighted by atomic mass is 9.84. The molecule has 25 heavy (non-hydrogen) atoms. The fourth-order valence-electron chi connectivity index (χ4n) is 4.37. The van der Waals surface area contributed by atoms with Gasteiger partial charge in [0.05, 0.1) is 11.4 Å². The lowest BCUT2D eigenvalue weighted by Gasteiger charge is -2.45. The van der Waals surface area contributed by atoms with E-state index in [0.29, 0.717) is 17.9 Å². The van der Waals surface area contributed by atoms with Gasteiger partial charge in [-0.25, -0.2) is 0 Å². The van der Waals surface area contributed by atoms with Gasteiger partial charge in [-0.15, -0.1) is 0 Å². The first kappa shape index (κ1) is 18.0. The molecule has 2 aromatic rings. The molecule has 1 aromatic heterocycles. The number of aromatic nitrogens is 2. The van der Waals surface area contributed by atoms with Crippen molar-refractivity contribution in [1.29, 1.82) is 0 Å². The summed E-state index contributed by atoms with van der Waals surface area (Å²) in [6, 6.07) is 11.4. The highest BCUT2D eigenvalue weighted by atomic mass is 15.2. The molecule has 1 aromatic carbocycles. The molecule has 134 valence electrons.